The first-order valence-electron chi connectivity index (χ1n) is 6.12. The fourth-order valence-corrected chi connectivity index (χ4v) is 4.33. The molecule has 1 aromatic heterocycles. The Labute approximate surface area is 125 Å². The number of carbonyl (C=O) groups is 3. The molecule has 0 aliphatic carbocycles. The molecule has 20 heavy (non-hydrogen) atoms. The van der Waals surface area contributed by atoms with Gasteiger partial charge in [0.25, 0.3) is 0 Å². The zero-order chi connectivity index (χ0) is 15.0. The van der Waals surface area contributed by atoms with Crippen molar-refractivity contribution in [3.8, 4) is 0 Å². The molecular formula is C13H15NO4S2. The van der Waals surface area contributed by atoms with Gasteiger partial charge in [-0.3, -0.25) is 9.59 Å². The summed E-state index contributed by atoms with van der Waals surface area (Å²) in [6.45, 7) is 5.46. The van der Waals surface area contributed by atoms with Gasteiger partial charge in [-0.15, -0.1) is 11.3 Å². The Bertz CT molecular complexity index is 593. The van der Waals surface area contributed by atoms with Crippen molar-refractivity contribution in [3.05, 3.63) is 16.0 Å². The van der Waals surface area contributed by atoms with Gasteiger partial charge < -0.3 is 10.0 Å². The van der Waals surface area contributed by atoms with Gasteiger partial charge in [-0.2, -0.15) is 0 Å². The van der Waals surface area contributed by atoms with E-state index in [0.29, 0.717) is 17.1 Å². The summed E-state index contributed by atoms with van der Waals surface area (Å²) in [6.07, 6.45) is 0.277. The maximum absolute atomic E-state index is 12.1. The van der Waals surface area contributed by atoms with Gasteiger partial charge in [-0.05, 0) is 19.4 Å². The van der Waals surface area contributed by atoms with Crippen molar-refractivity contribution in [2.45, 2.75) is 32.4 Å². The summed E-state index contributed by atoms with van der Waals surface area (Å²) in [7, 11) is 0. The smallest absolute Gasteiger partial charge is 0.339 e. The molecule has 1 fully saturated rings. The van der Waals surface area contributed by atoms with Crippen LogP contribution >= 0.6 is 23.1 Å². The van der Waals surface area contributed by atoms with Gasteiger partial charge in [0.1, 0.15) is 5.00 Å². The van der Waals surface area contributed by atoms with Crippen LogP contribution in [0, 0.1) is 13.8 Å². The quantitative estimate of drug-likeness (QED) is 0.927. The van der Waals surface area contributed by atoms with E-state index in [4.69, 9.17) is 0 Å². The topological polar surface area (TPSA) is 74.7 Å². The number of hydrogen-bond donors (Lipinski definition) is 1. The molecule has 1 N–H and O–H groups in total. The second-order valence-electron chi connectivity index (χ2n) is 4.71. The van der Waals surface area contributed by atoms with E-state index in [-0.39, 0.29) is 28.3 Å². The molecule has 1 unspecified atom stereocenters. The molecular weight excluding hydrogens is 298 g/mol. The van der Waals surface area contributed by atoms with Gasteiger partial charge in [0.15, 0.2) is 5.12 Å². The van der Waals surface area contributed by atoms with Crippen molar-refractivity contribution in [3.63, 3.8) is 0 Å². The highest BCUT2D eigenvalue weighted by atomic mass is 32.2. The minimum Gasteiger partial charge on any atom is -0.478 e. The van der Waals surface area contributed by atoms with Crippen LogP contribution in [0.3, 0.4) is 0 Å². The number of hydrogen-bond acceptors (Lipinski definition) is 5. The van der Waals surface area contributed by atoms with Crippen molar-refractivity contribution in [2.24, 2.45) is 0 Å². The number of thioether (sulfide) groups is 1. The lowest BCUT2D eigenvalue weighted by molar-refractivity contribution is -0.117. The third kappa shape index (κ3) is 2.73. The normalized spacial score (nSPS) is 18.6. The van der Waals surface area contributed by atoms with Crippen molar-refractivity contribution >= 4 is 45.1 Å². The fourth-order valence-electron chi connectivity index (χ4n) is 2.24. The predicted molar refractivity (Wildman–Crippen MR) is 79.8 cm³/mol. The summed E-state index contributed by atoms with van der Waals surface area (Å²) in [5, 5.41) is 9.70. The number of aryl methyl sites for hydroxylation is 1. The molecule has 1 aromatic rings. The largest absolute Gasteiger partial charge is 0.478 e. The standard InChI is InChI=1S/C13H15NO4S2/c1-6-7(2)19-12(11(6)13(17)18)14-5-9(4-10(14)16)20-8(3)15/h9H,4-5H2,1-3H3,(H,17,18). The van der Waals surface area contributed by atoms with Crippen LogP contribution in [0.15, 0.2) is 0 Å². The minimum atomic E-state index is -1.02. The maximum Gasteiger partial charge on any atom is 0.339 e. The molecule has 0 aromatic carbocycles. The lowest BCUT2D eigenvalue weighted by atomic mass is 10.1. The molecule has 7 heteroatoms. The Balaban J connectivity index is 2.33. The highest BCUT2D eigenvalue weighted by Gasteiger charge is 2.35. The van der Waals surface area contributed by atoms with Crippen LogP contribution < -0.4 is 4.90 Å². The number of thiophene rings is 1. The number of aromatic carboxylic acids is 1. The van der Waals surface area contributed by atoms with Crippen LogP contribution in [-0.2, 0) is 9.59 Å². The summed E-state index contributed by atoms with van der Waals surface area (Å²) in [5.41, 5.74) is 0.905. The van der Waals surface area contributed by atoms with Gasteiger partial charge in [-0.1, -0.05) is 11.8 Å². The first kappa shape index (κ1) is 15.1. The van der Waals surface area contributed by atoms with E-state index in [1.165, 1.54) is 23.2 Å². The van der Waals surface area contributed by atoms with Crippen molar-refractivity contribution < 1.29 is 19.5 Å². The highest BCUT2D eigenvalue weighted by Crippen LogP contribution is 2.39. The van der Waals surface area contributed by atoms with E-state index in [2.05, 4.69) is 0 Å². The van der Waals surface area contributed by atoms with Crippen LogP contribution in [-0.4, -0.2) is 33.9 Å². The fraction of sp³-hybridized carbons (Fsp3) is 0.462. The average molecular weight is 313 g/mol. The predicted octanol–water partition coefficient (Wildman–Crippen LogP) is 2.45. The summed E-state index contributed by atoms with van der Waals surface area (Å²) in [4.78, 5) is 37.0. The molecule has 1 aliphatic heterocycles. The Morgan fingerprint density at radius 3 is 2.60 bits per heavy atom. The lowest BCUT2D eigenvalue weighted by Crippen LogP contribution is -2.25. The number of amides is 1. The molecule has 0 radical (unpaired) electrons. The van der Waals surface area contributed by atoms with E-state index in [1.54, 1.807) is 6.92 Å². The molecule has 1 saturated heterocycles. The summed E-state index contributed by atoms with van der Waals surface area (Å²) in [6, 6.07) is 0. The van der Waals surface area contributed by atoms with Gasteiger partial charge >= 0.3 is 5.97 Å². The Hall–Kier alpha value is -1.34. The number of carbonyl (C=O) groups excluding carboxylic acids is 2. The van der Waals surface area contributed by atoms with E-state index in [9.17, 15) is 19.5 Å². The monoisotopic (exact) mass is 313 g/mol. The zero-order valence-corrected chi connectivity index (χ0v) is 13.1. The number of anilines is 1. The number of rotatable bonds is 3. The van der Waals surface area contributed by atoms with Crippen LogP contribution in [0.4, 0.5) is 5.00 Å². The van der Waals surface area contributed by atoms with Gasteiger partial charge in [0, 0.05) is 30.0 Å². The molecule has 0 bridgehead atoms. The van der Waals surface area contributed by atoms with E-state index < -0.39 is 5.97 Å². The maximum atomic E-state index is 12.1. The third-order valence-corrected chi connectivity index (χ3v) is 5.46. The Kier molecular flexibility index (Phi) is 4.19. The number of carboxylic acid groups (broad SMARTS) is 1. The van der Waals surface area contributed by atoms with Crippen molar-refractivity contribution in [1.29, 1.82) is 0 Å². The molecule has 2 rings (SSSR count). The van der Waals surface area contributed by atoms with Gasteiger partial charge in [0.2, 0.25) is 5.91 Å². The van der Waals surface area contributed by atoms with Crippen LogP contribution in [0.25, 0.3) is 0 Å². The number of nitrogens with zero attached hydrogens (tertiary/aromatic N) is 1. The highest BCUT2D eigenvalue weighted by molar-refractivity contribution is 8.14. The molecule has 0 spiro atoms. The molecule has 1 aliphatic rings. The third-order valence-electron chi connectivity index (χ3n) is 3.25. The van der Waals surface area contributed by atoms with Crippen molar-refractivity contribution in [2.75, 3.05) is 11.4 Å². The first-order chi connectivity index (χ1) is 9.31. The van der Waals surface area contributed by atoms with E-state index >= 15 is 0 Å². The number of carboxylic acids is 1. The molecule has 1 amide bonds. The van der Waals surface area contributed by atoms with E-state index in [1.807, 2.05) is 6.92 Å². The van der Waals surface area contributed by atoms with Gasteiger partial charge in [-0.25, -0.2) is 4.79 Å². The molecule has 1 atom stereocenters. The summed E-state index contributed by atoms with van der Waals surface area (Å²) >= 11 is 2.47. The summed E-state index contributed by atoms with van der Waals surface area (Å²) < 4.78 is 0. The SMILES string of the molecule is CC(=O)SC1CC(=O)N(c2sc(C)c(C)c2C(=O)O)C1. The van der Waals surface area contributed by atoms with E-state index in [0.717, 1.165) is 16.6 Å². The first-order valence-corrected chi connectivity index (χ1v) is 7.81. The van der Waals surface area contributed by atoms with Crippen LogP contribution in [0.5, 0.6) is 0 Å². The molecule has 2 heterocycles. The molecule has 0 saturated carbocycles. The van der Waals surface area contributed by atoms with Crippen LogP contribution in [0.1, 0.15) is 34.1 Å². The summed E-state index contributed by atoms with van der Waals surface area (Å²) in [5.74, 6) is -1.13. The molecule has 108 valence electrons. The van der Waals surface area contributed by atoms with Gasteiger partial charge in [0.05, 0.1) is 5.56 Å². The van der Waals surface area contributed by atoms with Crippen molar-refractivity contribution in [1.82, 2.24) is 0 Å². The molecule has 5 nitrogen and oxygen atoms in total. The second kappa shape index (κ2) is 5.57. The zero-order valence-electron chi connectivity index (χ0n) is 11.4. The van der Waals surface area contributed by atoms with Crippen LogP contribution in [0.2, 0.25) is 0 Å². The lowest BCUT2D eigenvalue weighted by Gasteiger charge is -2.15. The minimum absolute atomic E-state index is 0.0263. The Morgan fingerprint density at radius 2 is 2.05 bits per heavy atom. The Morgan fingerprint density at radius 1 is 1.40 bits per heavy atom. The average Bonchev–Trinajstić information content (AvgIpc) is 2.80. The second-order valence-corrected chi connectivity index (χ2v) is 7.39.